The molecule has 1 aromatic carbocycles. The quantitative estimate of drug-likeness (QED) is 0.874. The van der Waals surface area contributed by atoms with Gasteiger partial charge in [0, 0.05) is 24.0 Å². The average Bonchev–Trinajstić information content (AvgIpc) is 2.89. The summed E-state index contributed by atoms with van der Waals surface area (Å²) in [6.07, 6.45) is 4.93. The first kappa shape index (κ1) is 14.1. The number of aromatic nitrogens is 2. The van der Waals surface area contributed by atoms with Crippen molar-refractivity contribution in [3.63, 3.8) is 0 Å². The van der Waals surface area contributed by atoms with E-state index in [9.17, 15) is 0 Å². The van der Waals surface area contributed by atoms with E-state index >= 15 is 0 Å². The van der Waals surface area contributed by atoms with Crippen molar-refractivity contribution in [1.29, 1.82) is 0 Å². The summed E-state index contributed by atoms with van der Waals surface area (Å²) in [6, 6.07) is 8.00. The van der Waals surface area contributed by atoms with E-state index in [-0.39, 0.29) is 6.04 Å². The first-order chi connectivity index (χ1) is 9.27. The van der Waals surface area contributed by atoms with Crippen LogP contribution in [0.4, 0.5) is 0 Å². The van der Waals surface area contributed by atoms with Crippen LogP contribution in [0.15, 0.2) is 36.7 Å². The van der Waals surface area contributed by atoms with Crippen LogP contribution in [0.1, 0.15) is 37.7 Å². The van der Waals surface area contributed by atoms with E-state index in [2.05, 4.69) is 34.8 Å². The molecule has 0 spiro atoms. The van der Waals surface area contributed by atoms with Crippen molar-refractivity contribution in [1.82, 2.24) is 14.9 Å². The molecule has 0 bridgehead atoms. The minimum Gasteiger partial charge on any atom is -0.334 e. The number of hydrogen-bond acceptors (Lipinski definition) is 2. The van der Waals surface area contributed by atoms with Crippen molar-refractivity contribution in [3.8, 4) is 0 Å². The fourth-order valence-corrected chi connectivity index (χ4v) is 2.43. The Kier molecular flexibility index (Phi) is 5.00. The standard InChI is InChI=1S/C15H20ClN3/c1-3-9-17-14(12-7-5-6-8-13(12)16)15-18-10-11-19(15)4-2/h5-8,10-11,14,17H,3-4,9H2,1-2H3. The predicted molar refractivity (Wildman–Crippen MR) is 79.5 cm³/mol. The van der Waals surface area contributed by atoms with Crippen LogP contribution in [0.2, 0.25) is 5.02 Å². The summed E-state index contributed by atoms with van der Waals surface area (Å²) in [6.45, 7) is 6.12. The first-order valence-corrected chi connectivity index (χ1v) is 7.14. The molecule has 3 nitrogen and oxygen atoms in total. The lowest BCUT2D eigenvalue weighted by atomic mass is 10.1. The third-order valence-corrected chi connectivity index (χ3v) is 3.51. The molecule has 102 valence electrons. The fraction of sp³-hybridized carbons (Fsp3) is 0.400. The van der Waals surface area contributed by atoms with Gasteiger partial charge in [-0.15, -0.1) is 0 Å². The molecule has 0 amide bonds. The van der Waals surface area contributed by atoms with Gasteiger partial charge >= 0.3 is 0 Å². The zero-order valence-corrected chi connectivity index (χ0v) is 12.2. The number of hydrogen-bond donors (Lipinski definition) is 1. The largest absolute Gasteiger partial charge is 0.334 e. The predicted octanol–water partition coefficient (Wildman–Crippen LogP) is 3.65. The van der Waals surface area contributed by atoms with Crippen molar-refractivity contribution >= 4 is 11.6 Å². The van der Waals surface area contributed by atoms with Gasteiger partial charge in [0.2, 0.25) is 0 Å². The third-order valence-electron chi connectivity index (χ3n) is 3.16. The van der Waals surface area contributed by atoms with Gasteiger partial charge in [-0.05, 0) is 31.5 Å². The second-order valence-corrected chi connectivity index (χ2v) is 4.89. The molecule has 1 aromatic heterocycles. The summed E-state index contributed by atoms with van der Waals surface area (Å²) in [5.74, 6) is 1.02. The highest BCUT2D eigenvalue weighted by Crippen LogP contribution is 2.27. The smallest absolute Gasteiger partial charge is 0.130 e. The van der Waals surface area contributed by atoms with Gasteiger partial charge in [-0.3, -0.25) is 0 Å². The number of rotatable bonds is 6. The summed E-state index contributed by atoms with van der Waals surface area (Å²) < 4.78 is 2.15. The molecule has 0 saturated heterocycles. The first-order valence-electron chi connectivity index (χ1n) is 6.76. The van der Waals surface area contributed by atoms with Gasteiger partial charge in [0.25, 0.3) is 0 Å². The van der Waals surface area contributed by atoms with Crippen LogP contribution >= 0.6 is 11.6 Å². The maximum atomic E-state index is 6.33. The molecule has 0 aliphatic heterocycles. The summed E-state index contributed by atoms with van der Waals surface area (Å²) in [5, 5.41) is 4.32. The summed E-state index contributed by atoms with van der Waals surface area (Å²) in [4.78, 5) is 4.50. The van der Waals surface area contributed by atoms with Crippen molar-refractivity contribution in [2.45, 2.75) is 32.9 Å². The number of benzene rings is 1. The Hall–Kier alpha value is -1.32. The lowest BCUT2D eigenvalue weighted by Crippen LogP contribution is -2.26. The third kappa shape index (κ3) is 3.17. The van der Waals surface area contributed by atoms with Gasteiger partial charge < -0.3 is 9.88 Å². The summed E-state index contributed by atoms with van der Waals surface area (Å²) in [7, 11) is 0. The van der Waals surface area contributed by atoms with Gasteiger partial charge in [0.1, 0.15) is 5.82 Å². The van der Waals surface area contributed by atoms with E-state index < -0.39 is 0 Å². The van der Waals surface area contributed by atoms with E-state index in [0.29, 0.717) is 0 Å². The monoisotopic (exact) mass is 277 g/mol. The molecule has 4 heteroatoms. The molecule has 1 N–H and O–H groups in total. The molecule has 0 aliphatic carbocycles. The molecular weight excluding hydrogens is 258 g/mol. The minimum atomic E-state index is 0.0450. The van der Waals surface area contributed by atoms with Crippen molar-refractivity contribution in [2.24, 2.45) is 0 Å². The van der Waals surface area contributed by atoms with Gasteiger partial charge in [0.05, 0.1) is 6.04 Å². The molecule has 2 rings (SSSR count). The van der Waals surface area contributed by atoms with Crippen LogP contribution in [-0.2, 0) is 6.54 Å². The molecule has 0 fully saturated rings. The zero-order chi connectivity index (χ0) is 13.7. The van der Waals surface area contributed by atoms with Gasteiger partial charge in [0.15, 0.2) is 0 Å². The molecule has 2 aromatic rings. The Balaban J connectivity index is 2.39. The number of nitrogens with zero attached hydrogens (tertiary/aromatic N) is 2. The summed E-state index contributed by atoms with van der Waals surface area (Å²) >= 11 is 6.33. The molecule has 1 unspecified atom stereocenters. The molecule has 1 atom stereocenters. The van der Waals surface area contributed by atoms with E-state index in [1.165, 1.54) is 0 Å². The van der Waals surface area contributed by atoms with Gasteiger partial charge in [-0.2, -0.15) is 0 Å². The lowest BCUT2D eigenvalue weighted by molar-refractivity contribution is 0.542. The molecule has 0 radical (unpaired) electrons. The molecule has 0 saturated carbocycles. The highest BCUT2D eigenvalue weighted by molar-refractivity contribution is 6.31. The molecule has 1 heterocycles. The average molecular weight is 278 g/mol. The Morgan fingerprint density at radius 1 is 1.32 bits per heavy atom. The Labute approximate surface area is 119 Å². The SMILES string of the molecule is CCCNC(c1ccccc1Cl)c1nccn1CC. The molecule has 19 heavy (non-hydrogen) atoms. The van der Waals surface area contributed by atoms with Gasteiger partial charge in [-0.1, -0.05) is 36.7 Å². The Morgan fingerprint density at radius 3 is 2.79 bits per heavy atom. The van der Waals surface area contributed by atoms with Crippen molar-refractivity contribution in [3.05, 3.63) is 53.1 Å². The van der Waals surface area contributed by atoms with Crippen LogP contribution in [-0.4, -0.2) is 16.1 Å². The highest BCUT2D eigenvalue weighted by Gasteiger charge is 2.20. The second-order valence-electron chi connectivity index (χ2n) is 4.48. The van der Waals surface area contributed by atoms with Crippen LogP contribution < -0.4 is 5.32 Å². The number of nitrogens with one attached hydrogen (secondary N) is 1. The van der Waals surface area contributed by atoms with Crippen LogP contribution in [0.3, 0.4) is 0 Å². The maximum absolute atomic E-state index is 6.33. The second kappa shape index (κ2) is 6.73. The highest BCUT2D eigenvalue weighted by atomic mass is 35.5. The number of imidazole rings is 1. The molecular formula is C15H20ClN3. The normalized spacial score (nSPS) is 12.6. The fourth-order valence-electron chi connectivity index (χ4n) is 2.19. The van der Waals surface area contributed by atoms with Crippen LogP contribution in [0.25, 0.3) is 0 Å². The topological polar surface area (TPSA) is 29.9 Å². The van der Waals surface area contributed by atoms with Crippen molar-refractivity contribution < 1.29 is 0 Å². The van der Waals surface area contributed by atoms with Crippen LogP contribution in [0.5, 0.6) is 0 Å². The zero-order valence-electron chi connectivity index (χ0n) is 11.4. The van der Waals surface area contributed by atoms with E-state index in [4.69, 9.17) is 11.6 Å². The molecule has 0 aliphatic rings. The van der Waals surface area contributed by atoms with Gasteiger partial charge in [-0.25, -0.2) is 4.98 Å². The Morgan fingerprint density at radius 2 is 2.11 bits per heavy atom. The number of halogens is 1. The maximum Gasteiger partial charge on any atom is 0.130 e. The van der Waals surface area contributed by atoms with E-state index in [1.54, 1.807) is 0 Å². The Bertz CT molecular complexity index is 522. The van der Waals surface area contributed by atoms with Crippen molar-refractivity contribution in [2.75, 3.05) is 6.54 Å². The number of aryl methyl sites for hydroxylation is 1. The lowest BCUT2D eigenvalue weighted by Gasteiger charge is -2.20. The minimum absolute atomic E-state index is 0.0450. The van der Waals surface area contributed by atoms with E-state index in [1.807, 2.05) is 30.6 Å². The van der Waals surface area contributed by atoms with Crippen LogP contribution in [0, 0.1) is 0 Å². The summed E-state index contributed by atoms with van der Waals surface area (Å²) in [5.41, 5.74) is 1.08. The van der Waals surface area contributed by atoms with E-state index in [0.717, 1.165) is 35.9 Å².